The number of hydrogen-bond acceptors (Lipinski definition) is 5. The molecule has 1 aliphatic heterocycles. The SMILES string of the molecule is O=C(CN1C(=O)c2ccccc2C1=O)N[C@H](Cc1nc2ccc(F)cc2[nH]1)C(=O)O. The molecule has 3 amide bonds. The molecule has 0 spiro atoms. The number of carboxylic acid groups (broad SMARTS) is 1. The predicted octanol–water partition coefficient (Wildman–Crippen LogP) is 1.11. The number of hydrogen-bond donors (Lipinski definition) is 3. The molecule has 1 aromatic heterocycles. The van der Waals surface area contributed by atoms with Crippen LogP contribution in [0.5, 0.6) is 0 Å². The molecule has 1 aliphatic rings. The number of fused-ring (bicyclic) bond motifs is 2. The molecule has 152 valence electrons. The second-order valence-electron chi connectivity index (χ2n) is 6.75. The van der Waals surface area contributed by atoms with Crippen LogP contribution in [0.25, 0.3) is 11.0 Å². The number of H-pyrrole nitrogens is 1. The molecule has 3 aromatic rings. The molecule has 30 heavy (non-hydrogen) atoms. The topological polar surface area (TPSA) is 132 Å². The summed E-state index contributed by atoms with van der Waals surface area (Å²) >= 11 is 0. The van der Waals surface area contributed by atoms with Crippen molar-refractivity contribution in [3.8, 4) is 0 Å². The Balaban J connectivity index is 1.45. The normalized spacial score (nSPS) is 14.1. The lowest BCUT2D eigenvalue weighted by atomic mass is 10.1. The summed E-state index contributed by atoms with van der Waals surface area (Å²) in [5, 5.41) is 11.7. The van der Waals surface area contributed by atoms with Gasteiger partial charge in [0.15, 0.2) is 0 Å². The highest BCUT2D eigenvalue weighted by molar-refractivity contribution is 6.22. The Kier molecular flexibility index (Phi) is 4.74. The number of aromatic amines is 1. The summed E-state index contributed by atoms with van der Waals surface area (Å²) in [7, 11) is 0. The Morgan fingerprint density at radius 3 is 2.43 bits per heavy atom. The van der Waals surface area contributed by atoms with Gasteiger partial charge in [0, 0.05) is 6.42 Å². The third-order valence-electron chi connectivity index (χ3n) is 4.70. The molecule has 2 aromatic carbocycles. The molecule has 10 heteroatoms. The van der Waals surface area contributed by atoms with Gasteiger partial charge >= 0.3 is 5.97 Å². The van der Waals surface area contributed by atoms with Gasteiger partial charge in [-0.2, -0.15) is 0 Å². The van der Waals surface area contributed by atoms with Gasteiger partial charge in [0.25, 0.3) is 11.8 Å². The second kappa shape index (κ2) is 7.39. The first-order chi connectivity index (χ1) is 14.3. The van der Waals surface area contributed by atoms with Crippen LogP contribution >= 0.6 is 0 Å². The van der Waals surface area contributed by atoms with Gasteiger partial charge in [-0.15, -0.1) is 0 Å². The molecule has 0 unspecified atom stereocenters. The van der Waals surface area contributed by atoms with Gasteiger partial charge in [0.2, 0.25) is 5.91 Å². The van der Waals surface area contributed by atoms with Crippen LogP contribution in [-0.4, -0.2) is 56.3 Å². The lowest BCUT2D eigenvalue weighted by Crippen LogP contribution is -2.47. The number of carbonyl (C=O) groups is 4. The van der Waals surface area contributed by atoms with Gasteiger partial charge in [-0.25, -0.2) is 14.2 Å². The van der Waals surface area contributed by atoms with E-state index in [2.05, 4.69) is 15.3 Å². The summed E-state index contributed by atoms with van der Waals surface area (Å²) in [6.07, 6.45) is -0.195. The van der Waals surface area contributed by atoms with Crippen LogP contribution in [0.15, 0.2) is 42.5 Å². The Morgan fingerprint density at radius 1 is 1.13 bits per heavy atom. The second-order valence-corrected chi connectivity index (χ2v) is 6.75. The van der Waals surface area contributed by atoms with Crippen molar-refractivity contribution in [3.05, 3.63) is 65.2 Å². The van der Waals surface area contributed by atoms with Gasteiger partial charge in [-0.1, -0.05) is 12.1 Å². The monoisotopic (exact) mass is 410 g/mol. The molecule has 0 saturated carbocycles. The summed E-state index contributed by atoms with van der Waals surface area (Å²) in [5.74, 6) is -3.59. The highest BCUT2D eigenvalue weighted by atomic mass is 19.1. The van der Waals surface area contributed by atoms with E-state index in [4.69, 9.17) is 0 Å². The van der Waals surface area contributed by atoms with E-state index in [1.165, 1.54) is 30.3 Å². The van der Waals surface area contributed by atoms with E-state index in [1.807, 2.05) is 0 Å². The average molecular weight is 410 g/mol. The Labute approximate surface area is 168 Å². The van der Waals surface area contributed by atoms with Crippen LogP contribution in [0.4, 0.5) is 4.39 Å². The number of nitrogens with zero attached hydrogens (tertiary/aromatic N) is 2. The van der Waals surface area contributed by atoms with Gasteiger partial charge < -0.3 is 15.4 Å². The van der Waals surface area contributed by atoms with Crippen LogP contribution < -0.4 is 5.32 Å². The number of rotatable bonds is 6. The van der Waals surface area contributed by atoms with E-state index in [0.717, 1.165) is 4.90 Å². The summed E-state index contributed by atoms with van der Waals surface area (Å²) in [5.41, 5.74) is 1.23. The molecule has 0 fully saturated rings. The smallest absolute Gasteiger partial charge is 0.326 e. The number of halogens is 1. The van der Waals surface area contributed by atoms with E-state index in [1.54, 1.807) is 12.1 Å². The molecule has 0 radical (unpaired) electrons. The maximum absolute atomic E-state index is 13.3. The van der Waals surface area contributed by atoms with Crippen LogP contribution in [0.1, 0.15) is 26.5 Å². The van der Waals surface area contributed by atoms with Crippen molar-refractivity contribution in [1.82, 2.24) is 20.2 Å². The molecule has 1 atom stereocenters. The number of aliphatic carboxylic acids is 1. The predicted molar refractivity (Wildman–Crippen MR) is 101 cm³/mol. The van der Waals surface area contributed by atoms with Crippen molar-refractivity contribution < 1.29 is 28.7 Å². The van der Waals surface area contributed by atoms with E-state index in [-0.39, 0.29) is 23.4 Å². The van der Waals surface area contributed by atoms with E-state index in [9.17, 15) is 28.7 Å². The highest BCUT2D eigenvalue weighted by Crippen LogP contribution is 2.22. The molecule has 2 heterocycles. The number of nitrogens with one attached hydrogen (secondary N) is 2. The van der Waals surface area contributed by atoms with Crippen LogP contribution in [0.2, 0.25) is 0 Å². The average Bonchev–Trinajstić information content (AvgIpc) is 3.21. The Morgan fingerprint density at radius 2 is 1.80 bits per heavy atom. The molecule has 3 N–H and O–H groups in total. The Hall–Kier alpha value is -4.08. The molecular weight excluding hydrogens is 395 g/mol. The number of imide groups is 1. The van der Waals surface area contributed by atoms with E-state index < -0.39 is 42.1 Å². The molecule has 4 rings (SSSR count). The molecule has 0 aliphatic carbocycles. The molecular formula is C20H15FN4O5. The fourth-order valence-electron chi connectivity index (χ4n) is 3.29. The number of benzene rings is 2. The van der Waals surface area contributed by atoms with Gasteiger partial charge in [-0.05, 0) is 30.3 Å². The fraction of sp³-hybridized carbons (Fsp3) is 0.150. The molecule has 9 nitrogen and oxygen atoms in total. The zero-order chi connectivity index (χ0) is 21.4. The number of carboxylic acids is 1. The minimum absolute atomic E-state index is 0.194. The van der Waals surface area contributed by atoms with Crippen molar-refractivity contribution in [3.63, 3.8) is 0 Å². The van der Waals surface area contributed by atoms with E-state index >= 15 is 0 Å². The zero-order valence-electron chi connectivity index (χ0n) is 15.4. The van der Waals surface area contributed by atoms with Crippen LogP contribution in [-0.2, 0) is 16.0 Å². The summed E-state index contributed by atoms with van der Waals surface area (Å²) < 4.78 is 13.3. The lowest BCUT2D eigenvalue weighted by Gasteiger charge is -2.17. The zero-order valence-corrected chi connectivity index (χ0v) is 15.4. The molecule has 0 bridgehead atoms. The lowest BCUT2D eigenvalue weighted by molar-refractivity contribution is -0.141. The van der Waals surface area contributed by atoms with Crippen molar-refractivity contribution in [2.75, 3.05) is 6.54 Å². The highest BCUT2D eigenvalue weighted by Gasteiger charge is 2.36. The number of carbonyl (C=O) groups excluding carboxylic acids is 3. The minimum atomic E-state index is -1.36. The van der Waals surface area contributed by atoms with Crippen molar-refractivity contribution in [2.45, 2.75) is 12.5 Å². The first kappa shape index (κ1) is 19.2. The maximum Gasteiger partial charge on any atom is 0.326 e. The van der Waals surface area contributed by atoms with Crippen molar-refractivity contribution >= 4 is 34.7 Å². The number of amides is 3. The largest absolute Gasteiger partial charge is 0.480 e. The van der Waals surface area contributed by atoms with Crippen LogP contribution in [0.3, 0.4) is 0 Å². The third kappa shape index (κ3) is 3.50. The third-order valence-corrected chi connectivity index (χ3v) is 4.70. The minimum Gasteiger partial charge on any atom is -0.480 e. The van der Waals surface area contributed by atoms with Crippen molar-refractivity contribution in [1.29, 1.82) is 0 Å². The first-order valence-electron chi connectivity index (χ1n) is 8.95. The summed E-state index contributed by atoms with van der Waals surface area (Å²) in [6, 6.07) is 8.71. The van der Waals surface area contributed by atoms with Gasteiger partial charge in [-0.3, -0.25) is 19.3 Å². The van der Waals surface area contributed by atoms with Gasteiger partial charge in [0.05, 0.1) is 22.2 Å². The number of aromatic nitrogens is 2. The fourth-order valence-corrected chi connectivity index (χ4v) is 3.29. The maximum atomic E-state index is 13.3. The summed E-state index contributed by atoms with van der Waals surface area (Å²) in [6.45, 7) is -0.610. The summed E-state index contributed by atoms with van der Waals surface area (Å²) in [4.78, 5) is 56.4. The molecule has 0 saturated heterocycles. The number of imidazole rings is 1. The van der Waals surface area contributed by atoms with Crippen LogP contribution in [0, 0.1) is 5.82 Å². The van der Waals surface area contributed by atoms with Gasteiger partial charge in [0.1, 0.15) is 24.2 Å². The quantitative estimate of drug-likeness (QED) is 0.522. The van der Waals surface area contributed by atoms with Crippen molar-refractivity contribution in [2.24, 2.45) is 0 Å². The Bertz CT molecular complexity index is 1170. The first-order valence-corrected chi connectivity index (χ1v) is 8.95. The van der Waals surface area contributed by atoms with E-state index in [0.29, 0.717) is 11.0 Å². The standard InChI is InChI=1S/C20H15FN4O5/c21-10-5-6-13-14(7-10)23-16(22-13)8-15(20(29)30)24-17(26)9-25-18(27)11-3-1-2-4-12(11)19(25)28/h1-7,15H,8-9H2,(H,22,23)(H,24,26)(H,29,30)/t15-/m1/s1.